The van der Waals surface area contributed by atoms with Crippen LogP contribution in [0.4, 0.5) is 5.69 Å². The number of aryl methyl sites for hydroxylation is 1. The highest BCUT2D eigenvalue weighted by Crippen LogP contribution is 2.30. The van der Waals surface area contributed by atoms with Crippen LogP contribution in [0.15, 0.2) is 18.2 Å². The summed E-state index contributed by atoms with van der Waals surface area (Å²) in [5.74, 6) is 0.655. The number of rotatable bonds is 7. The van der Waals surface area contributed by atoms with E-state index in [1.807, 2.05) is 0 Å². The summed E-state index contributed by atoms with van der Waals surface area (Å²) in [5, 5.41) is 22.5. The Hall–Kier alpha value is -2.22. The number of hydrogen-bond donors (Lipinski definition) is 0. The standard InChI is InChI=1S/C12H14ClN5O3/c1-2-3-6-17-12(14-15-16-17)8-21-11-5-4-9(13)7-10(11)18(19)20/h4-5,7H,2-3,6,8H2,1H3. The van der Waals surface area contributed by atoms with E-state index >= 15 is 0 Å². The van der Waals surface area contributed by atoms with E-state index in [1.54, 1.807) is 4.68 Å². The van der Waals surface area contributed by atoms with Gasteiger partial charge in [0.2, 0.25) is 0 Å². The molecule has 0 saturated carbocycles. The van der Waals surface area contributed by atoms with Crippen molar-refractivity contribution in [1.29, 1.82) is 0 Å². The first-order chi connectivity index (χ1) is 10.1. The Balaban J connectivity index is 2.10. The lowest BCUT2D eigenvalue weighted by molar-refractivity contribution is -0.385. The van der Waals surface area contributed by atoms with Gasteiger partial charge in [-0.3, -0.25) is 10.1 Å². The monoisotopic (exact) mass is 311 g/mol. The van der Waals surface area contributed by atoms with Crippen LogP contribution in [0.5, 0.6) is 5.75 Å². The van der Waals surface area contributed by atoms with Gasteiger partial charge in [-0.2, -0.15) is 0 Å². The lowest BCUT2D eigenvalue weighted by Gasteiger charge is -2.07. The molecule has 0 N–H and O–H groups in total. The van der Waals surface area contributed by atoms with Gasteiger partial charge in [0.15, 0.2) is 11.6 Å². The minimum atomic E-state index is -0.540. The van der Waals surface area contributed by atoms with Gasteiger partial charge < -0.3 is 4.74 Å². The average molecular weight is 312 g/mol. The third-order valence-electron chi connectivity index (χ3n) is 2.80. The van der Waals surface area contributed by atoms with Gasteiger partial charge in [-0.15, -0.1) is 5.10 Å². The van der Waals surface area contributed by atoms with E-state index in [2.05, 4.69) is 22.4 Å². The second kappa shape index (κ2) is 6.98. The molecule has 0 spiro atoms. The van der Waals surface area contributed by atoms with Crippen LogP contribution in [0.3, 0.4) is 0 Å². The zero-order valence-electron chi connectivity index (χ0n) is 11.4. The Bertz CT molecular complexity index is 631. The Kier molecular flexibility index (Phi) is 5.04. The smallest absolute Gasteiger partial charge is 0.312 e. The van der Waals surface area contributed by atoms with Crippen LogP contribution < -0.4 is 4.74 Å². The number of tetrazole rings is 1. The number of nitro groups is 1. The molecule has 1 aromatic heterocycles. The number of hydrogen-bond acceptors (Lipinski definition) is 6. The number of halogens is 1. The van der Waals surface area contributed by atoms with Crippen LogP contribution in [0.1, 0.15) is 25.6 Å². The van der Waals surface area contributed by atoms with Crippen molar-refractivity contribution in [1.82, 2.24) is 20.2 Å². The van der Waals surface area contributed by atoms with E-state index in [9.17, 15) is 10.1 Å². The van der Waals surface area contributed by atoms with Crippen LogP contribution in [0.2, 0.25) is 5.02 Å². The molecule has 2 rings (SSSR count). The van der Waals surface area contributed by atoms with Gasteiger partial charge >= 0.3 is 5.69 Å². The lowest BCUT2D eigenvalue weighted by atomic mass is 10.3. The van der Waals surface area contributed by atoms with Gasteiger partial charge in [0.05, 0.1) is 4.92 Å². The molecule has 1 aromatic carbocycles. The summed E-state index contributed by atoms with van der Waals surface area (Å²) in [6.45, 7) is 2.81. The van der Waals surface area contributed by atoms with Crippen LogP contribution in [0.25, 0.3) is 0 Å². The summed E-state index contributed by atoms with van der Waals surface area (Å²) in [7, 11) is 0. The Morgan fingerprint density at radius 1 is 1.48 bits per heavy atom. The molecule has 0 saturated heterocycles. The van der Waals surface area contributed by atoms with Gasteiger partial charge in [-0.1, -0.05) is 24.9 Å². The van der Waals surface area contributed by atoms with Crippen molar-refractivity contribution >= 4 is 17.3 Å². The second-order valence-corrected chi connectivity index (χ2v) is 4.77. The lowest BCUT2D eigenvalue weighted by Crippen LogP contribution is -2.09. The molecule has 0 bridgehead atoms. The van der Waals surface area contributed by atoms with Crippen molar-refractivity contribution < 1.29 is 9.66 Å². The highest BCUT2D eigenvalue weighted by atomic mass is 35.5. The quantitative estimate of drug-likeness (QED) is 0.576. The molecule has 0 amide bonds. The molecule has 0 fully saturated rings. The number of unbranched alkanes of at least 4 members (excludes halogenated alkanes) is 1. The zero-order valence-corrected chi connectivity index (χ0v) is 12.2. The summed E-state index contributed by atoms with van der Waals surface area (Å²) in [6.07, 6.45) is 1.96. The highest BCUT2D eigenvalue weighted by Gasteiger charge is 2.17. The minimum Gasteiger partial charge on any atom is -0.479 e. The maximum Gasteiger partial charge on any atom is 0.312 e. The number of nitrogens with zero attached hydrogens (tertiary/aromatic N) is 5. The van der Waals surface area contributed by atoms with Crippen LogP contribution >= 0.6 is 11.6 Å². The van der Waals surface area contributed by atoms with Crippen molar-refractivity contribution in [3.8, 4) is 5.75 Å². The fourth-order valence-electron chi connectivity index (χ4n) is 1.71. The summed E-state index contributed by atoms with van der Waals surface area (Å²) in [4.78, 5) is 10.4. The van der Waals surface area contributed by atoms with E-state index in [0.29, 0.717) is 12.4 Å². The van der Waals surface area contributed by atoms with E-state index in [-0.39, 0.29) is 23.1 Å². The highest BCUT2D eigenvalue weighted by molar-refractivity contribution is 6.30. The first-order valence-corrected chi connectivity index (χ1v) is 6.81. The molecule has 0 aliphatic heterocycles. The van der Waals surface area contributed by atoms with Gasteiger partial charge in [-0.05, 0) is 29.0 Å². The molecule has 0 atom stereocenters. The maximum absolute atomic E-state index is 11.0. The second-order valence-electron chi connectivity index (χ2n) is 4.33. The molecule has 0 unspecified atom stereocenters. The SMILES string of the molecule is CCCCn1nnnc1COc1ccc(Cl)cc1[N+](=O)[O-]. The third kappa shape index (κ3) is 3.88. The molecule has 9 heteroatoms. The van der Waals surface area contributed by atoms with Gasteiger partial charge in [-0.25, -0.2) is 4.68 Å². The molecule has 0 radical (unpaired) electrons. The molecular weight excluding hydrogens is 298 g/mol. The van der Waals surface area contributed by atoms with Crippen molar-refractivity contribution in [2.24, 2.45) is 0 Å². The van der Waals surface area contributed by atoms with Gasteiger partial charge in [0, 0.05) is 17.6 Å². The minimum absolute atomic E-state index is 0.0547. The van der Waals surface area contributed by atoms with Crippen LogP contribution in [0, 0.1) is 10.1 Å². The van der Waals surface area contributed by atoms with Crippen molar-refractivity contribution in [3.05, 3.63) is 39.2 Å². The van der Waals surface area contributed by atoms with E-state index in [0.717, 1.165) is 12.8 Å². The third-order valence-corrected chi connectivity index (χ3v) is 3.04. The fraction of sp³-hybridized carbons (Fsp3) is 0.417. The molecule has 21 heavy (non-hydrogen) atoms. The largest absolute Gasteiger partial charge is 0.479 e. The summed E-state index contributed by atoms with van der Waals surface area (Å²) in [6, 6.07) is 4.24. The predicted molar refractivity (Wildman–Crippen MR) is 75.2 cm³/mol. The maximum atomic E-state index is 11.0. The van der Waals surface area contributed by atoms with E-state index in [4.69, 9.17) is 16.3 Å². The number of benzene rings is 1. The number of ether oxygens (including phenoxy) is 1. The normalized spacial score (nSPS) is 10.6. The topological polar surface area (TPSA) is 96.0 Å². The summed E-state index contributed by atoms with van der Waals surface area (Å²) < 4.78 is 7.09. The first-order valence-electron chi connectivity index (χ1n) is 6.43. The number of nitro benzene ring substituents is 1. The average Bonchev–Trinajstić information content (AvgIpc) is 2.91. The predicted octanol–water partition coefficient (Wildman–Crippen LogP) is 2.61. The van der Waals surface area contributed by atoms with Gasteiger partial charge in [0.1, 0.15) is 6.61 Å². The Morgan fingerprint density at radius 2 is 2.29 bits per heavy atom. The van der Waals surface area contributed by atoms with Crippen molar-refractivity contribution in [2.45, 2.75) is 32.9 Å². The zero-order chi connectivity index (χ0) is 15.2. The summed E-state index contributed by atoms with van der Waals surface area (Å²) >= 11 is 5.75. The molecule has 112 valence electrons. The molecular formula is C12H14ClN5O3. The first kappa shape index (κ1) is 15.2. The fourth-order valence-corrected chi connectivity index (χ4v) is 1.87. The van der Waals surface area contributed by atoms with Crippen LogP contribution in [-0.4, -0.2) is 25.1 Å². The molecule has 8 nitrogen and oxygen atoms in total. The van der Waals surface area contributed by atoms with Crippen molar-refractivity contribution in [2.75, 3.05) is 0 Å². The number of aromatic nitrogens is 4. The molecule has 0 aliphatic carbocycles. The molecule has 2 aromatic rings. The van der Waals surface area contributed by atoms with Crippen molar-refractivity contribution in [3.63, 3.8) is 0 Å². The molecule has 0 aliphatic rings. The van der Waals surface area contributed by atoms with E-state index < -0.39 is 4.92 Å². The van der Waals surface area contributed by atoms with Gasteiger partial charge in [0.25, 0.3) is 0 Å². The van der Waals surface area contributed by atoms with Crippen LogP contribution in [-0.2, 0) is 13.2 Å². The van der Waals surface area contributed by atoms with E-state index in [1.165, 1.54) is 18.2 Å². The molecule has 1 heterocycles. The Morgan fingerprint density at radius 3 is 3.00 bits per heavy atom. The Labute approximate surface area is 125 Å². The summed E-state index contributed by atoms with van der Waals surface area (Å²) in [5.41, 5.74) is -0.185.